The minimum absolute atomic E-state index is 0.0474. The van der Waals surface area contributed by atoms with Crippen molar-refractivity contribution in [1.29, 1.82) is 0 Å². The summed E-state index contributed by atoms with van der Waals surface area (Å²) in [6.07, 6.45) is 4.85. The summed E-state index contributed by atoms with van der Waals surface area (Å²) in [5, 5.41) is 5.14. The van der Waals surface area contributed by atoms with Crippen LogP contribution in [0.5, 0.6) is 0 Å². The fourth-order valence-electron chi connectivity index (χ4n) is 3.87. The van der Waals surface area contributed by atoms with E-state index in [4.69, 9.17) is 0 Å². The predicted octanol–water partition coefficient (Wildman–Crippen LogP) is 4.40. The molecule has 7 heteroatoms. The molecule has 2 aromatic rings. The molecule has 0 unspecified atom stereocenters. The maximum Gasteiger partial charge on any atom is 0.323 e. The van der Waals surface area contributed by atoms with Gasteiger partial charge in [-0.1, -0.05) is 25.3 Å². The minimum Gasteiger partial charge on any atom is -0.308 e. The minimum atomic E-state index is -0.563. The fraction of sp³-hybridized carbons (Fsp3) is 0.286. The number of nitrogens with one attached hydrogen (secondary N) is 2. The molecule has 1 saturated carbocycles. The zero-order chi connectivity index (χ0) is 19.7. The molecule has 1 fully saturated rings. The zero-order valence-corrected chi connectivity index (χ0v) is 15.2. The summed E-state index contributed by atoms with van der Waals surface area (Å²) in [5.41, 5.74) is 1.37. The monoisotopic (exact) mass is 381 g/mol. The lowest BCUT2D eigenvalue weighted by Gasteiger charge is -2.29. The first-order chi connectivity index (χ1) is 13.5. The van der Waals surface area contributed by atoms with Crippen molar-refractivity contribution in [2.45, 2.75) is 38.1 Å². The Kier molecular flexibility index (Phi) is 4.81. The molecule has 0 bridgehead atoms. The van der Waals surface area contributed by atoms with E-state index in [2.05, 4.69) is 10.6 Å². The Labute approximate surface area is 161 Å². The van der Waals surface area contributed by atoms with Gasteiger partial charge in [0.25, 0.3) is 11.8 Å². The number of rotatable bonds is 3. The number of halogens is 1. The molecule has 2 aliphatic rings. The molecular formula is C21H20FN3O3. The van der Waals surface area contributed by atoms with Crippen LogP contribution in [0.25, 0.3) is 0 Å². The van der Waals surface area contributed by atoms with E-state index in [0.717, 1.165) is 32.1 Å². The van der Waals surface area contributed by atoms with Crippen LogP contribution in [0.4, 0.5) is 20.6 Å². The van der Waals surface area contributed by atoms with Crippen molar-refractivity contribution in [2.24, 2.45) is 0 Å². The van der Waals surface area contributed by atoms with Crippen molar-refractivity contribution < 1.29 is 18.8 Å². The Bertz CT molecular complexity index is 954. The number of urea groups is 1. The highest BCUT2D eigenvalue weighted by molar-refractivity contribution is 6.22. The summed E-state index contributed by atoms with van der Waals surface area (Å²) in [5.74, 6) is -1.02. The van der Waals surface area contributed by atoms with Crippen molar-refractivity contribution in [1.82, 2.24) is 4.90 Å². The molecule has 0 atom stereocenters. The molecular weight excluding hydrogens is 361 g/mol. The topological polar surface area (TPSA) is 78.5 Å². The van der Waals surface area contributed by atoms with Gasteiger partial charge in [0.2, 0.25) is 0 Å². The Morgan fingerprint density at radius 1 is 0.893 bits per heavy atom. The number of amides is 4. The molecule has 28 heavy (non-hydrogen) atoms. The second-order valence-corrected chi connectivity index (χ2v) is 7.12. The molecule has 0 spiro atoms. The number of hydrogen-bond donors (Lipinski definition) is 2. The normalized spacial score (nSPS) is 16.8. The third-order valence-electron chi connectivity index (χ3n) is 5.20. The zero-order valence-electron chi connectivity index (χ0n) is 15.2. The SMILES string of the molecule is O=C(Nc1cccc(F)c1)Nc1ccc2c(c1)C(=O)N(C1CCCCC1)C2=O. The van der Waals surface area contributed by atoms with Crippen LogP contribution in [-0.4, -0.2) is 28.8 Å². The van der Waals surface area contributed by atoms with Gasteiger partial charge in [0.1, 0.15) is 5.82 Å². The van der Waals surface area contributed by atoms with Crippen LogP contribution in [0.1, 0.15) is 52.8 Å². The first-order valence-corrected chi connectivity index (χ1v) is 9.38. The summed E-state index contributed by atoms with van der Waals surface area (Å²) in [4.78, 5) is 39.0. The number of carbonyl (C=O) groups is 3. The molecule has 1 aliphatic carbocycles. The maximum absolute atomic E-state index is 13.2. The van der Waals surface area contributed by atoms with E-state index in [9.17, 15) is 18.8 Å². The van der Waals surface area contributed by atoms with E-state index in [-0.39, 0.29) is 17.9 Å². The van der Waals surface area contributed by atoms with Gasteiger partial charge >= 0.3 is 6.03 Å². The molecule has 4 rings (SSSR count). The van der Waals surface area contributed by atoms with Crippen LogP contribution in [0.2, 0.25) is 0 Å². The third kappa shape index (κ3) is 3.47. The van der Waals surface area contributed by atoms with E-state index >= 15 is 0 Å². The van der Waals surface area contributed by atoms with Crippen LogP contribution in [-0.2, 0) is 0 Å². The molecule has 2 aromatic carbocycles. The highest BCUT2D eigenvalue weighted by Gasteiger charge is 2.40. The van der Waals surface area contributed by atoms with Gasteiger partial charge in [0, 0.05) is 17.4 Å². The summed E-state index contributed by atoms with van der Waals surface area (Å²) < 4.78 is 13.2. The first-order valence-electron chi connectivity index (χ1n) is 9.38. The first kappa shape index (κ1) is 18.2. The summed E-state index contributed by atoms with van der Waals surface area (Å²) >= 11 is 0. The largest absolute Gasteiger partial charge is 0.323 e. The molecule has 4 amide bonds. The van der Waals surface area contributed by atoms with Crippen molar-refractivity contribution in [3.8, 4) is 0 Å². The van der Waals surface area contributed by atoms with E-state index in [1.807, 2.05) is 0 Å². The van der Waals surface area contributed by atoms with Crippen molar-refractivity contribution in [3.05, 3.63) is 59.4 Å². The standard InChI is InChI=1S/C21H20FN3O3/c22-13-5-4-6-14(11-13)23-21(28)24-15-9-10-17-18(12-15)20(27)25(19(17)26)16-7-2-1-3-8-16/h4-6,9-12,16H,1-3,7-8H2,(H2,23,24,28). The van der Waals surface area contributed by atoms with E-state index < -0.39 is 11.8 Å². The Balaban J connectivity index is 1.49. The van der Waals surface area contributed by atoms with Gasteiger partial charge in [0.15, 0.2) is 0 Å². The summed E-state index contributed by atoms with van der Waals surface area (Å²) in [6, 6.07) is 9.59. The molecule has 0 radical (unpaired) electrons. The van der Waals surface area contributed by atoms with E-state index in [0.29, 0.717) is 22.5 Å². The maximum atomic E-state index is 13.2. The number of fused-ring (bicyclic) bond motifs is 1. The number of imide groups is 1. The fourth-order valence-corrected chi connectivity index (χ4v) is 3.87. The average molecular weight is 381 g/mol. The van der Waals surface area contributed by atoms with Gasteiger partial charge in [-0.15, -0.1) is 0 Å². The quantitative estimate of drug-likeness (QED) is 0.774. The molecule has 6 nitrogen and oxygen atoms in total. The van der Waals surface area contributed by atoms with Crippen LogP contribution in [0.15, 0.2) is 42.5 Å². The highest BCUT2D eigenvalue weighted by Crippen LogP contribution is 2.32. The van der Waals surface area contributed by atoms with E-state index in [1.165, 1.54) is 29.2 Å². The molecule has 1 aliphatic heterocycles. The number of carbonyl (C=O) groups excluding carboxylic acids is 3. The average Bonchev–Trinajstić information content (AvgIpc) is 2.92. The lowest BCUT2D eigenvalue weighted by Crippen LogP contribution is -2.40. The lowest BCUT2D eigenvalue weighted by molar-refractivity contribution is 0.0549. The Morgan fingerprint density at radius 3 is 2.29 bits per heavy atom. The molecule has 0 saturated heterocycles. The van der Waals surface area contributed by atoms with E-state index in [1.54, 1.807) is 18.2 Å². The van der Waals surface area contributed by atoms with Crippen molar-refractivity contribution in [2.75, 3.05) is 10.6 Å². The number of benzene rings is 2. The molecule has 1 heterocycles. The smallest absolute Gasteiger partial charge is 0.308 e. The van der Waals surface area contributed by atoms with Crippen molar-refractivity contribution >= 4 is 29.2 Å². The summed E-state index contributed by atoms with van der Waals surface area (Å²) in [7, 11) is 0. The molecule has 0 aromatic heterocycles. The van der Waals surface area contributed by atoms with Gasteiger partial charge in [-0.05, 0) is 49.2 Å². The third-order valence-corrected chi connectivity index (χ3v) is 5.20. The number of nitrogens with zero attached hydrogens (tertiary/aromatic N) is 1. The van der Waals surface area contributed by atoms with Crippen LogP contribution >= 0.6 is 0 Å². The van der Waals surface area contributed by atoms with Gasteiger partial charge in [0.05, 0.1) is 11.1 Å². The number of anilines is 2. The molecule has 2 N–H and O–H groups in total. The predicted molar refractivity (Wildman–Crippen MR) is 103 cm³/mol. The summed E-state index contributed by atoms with van der Waals surface area (Å²) in [6.45, 7) is 0. The van der Waals surface area contributed by atoms with Gasteiger partial charge in [-0.2, -0.15) is 0 Å². The molecule has 144 valence electrons. The van der Waals surface area contributed by atoms with Crippen LogP contribution in [0, 0.1) is 5.82 Å². The lowest BCUT2D eigenvalue weighted by atomic mass is 9.94. The second kappa shape index (κ2) is 7.42. The number of hydrogen-bond acceptors (Lipinski definition) is 3. The van der Waals surface area contributed by atoms with Crippen LogP contribution < -0.4 is 10.6 Å². The Morgan fingerprint density at radius 2 is 1.57 bits per heavy atom. The Hall–Kier alpha value is -3.22. The van der Waals surface area contributed by atoms with Gasteiger partial charge in [-0.25, -0.2) is 9.18 Å². The van der Waals surface area contributed by atoms with Crippen molar-refractivity contribution in [3.63, 3.8) is 0 Å². The van der Waals surface area contributed by atoms with Gasteiger partial charge in [-0.3, -0.25) is 14.5 Å². The van der Waals surface area contributed by atoms with Crippen LogP contribution in [0.3, 0.4) is 0 Å². The van der Waals surface area contributed by atoms with Gasteiger partial charge < -0.3 is 10.6 Å². The highest BCUT2D eigenvalue weighted by atomic mass is 19.1. The second-order valence-electron chi connectivity index (χ2n) is 7.12.